The Morgan fingerprint density at radius 3 is 1.78 bits per heavy atom. The molecule has 4 N–H and O–H groups in total. The van der Waals surface area contributed by atoms with Crippen molar-refractivity contribution in [3.8, 4) is 0 Å². The van der Waals surface area contributed by atoms with E-state index in [1.54, 1.807) is 14.1 Å². The van der Waals surface area contributed by atoms with E-state index < -0.39 is 0 Å². The summed E-state index contributed by atoms with van der Waals surface area (Å²) in [6.07, 6.45) is 0.625. The number of amides is 2. The lowest BCUT2D eigenvalue weighted by Crippen LogP contribution is -2.45. The standard InChI is InChI=1S/C13H29N5O.C2H5NO/c1-3-17-8-4-15-6-10-18(12-13(19)14-2)11-7-16-5-9-17;1-3-2-4/h15-16H,3-12H2,1-2H3,(H,14,19);2H,1H3,(H,3,4). The van der Waals surface area contributed by atoms with Crippen LogP contribution >= 0.6 is 0 Å². The molecular formula is C15H34N6O2. The molecule has 1 heterocycles. The van der Waals surface area contributed by atoms with Crippen molar-refractivity contribution in [1.82, 2.24) is 31.1 Å². The van der Waals surface area contributed by atoms with Crippen LogP contribution in [0.2, 0.25) is 0 Å². The number of carbonyl (C=O) groups excluding carboxylic acids is 2. The first kappa shape index (κ1) is 21.8. The lowest BCUT2D eigenvalue weighted by molar-refractivity contribution is -0.121. The Morgan fingerprint density at radius 1 is 1.00 bits per heavy atom. The number of hydrogen-bond acceptors (Lipinski definition) is 6. The highest BCUT2D eigenvalue weighted by atomic mass is 16.2. The molecule has 0 bridgehead atoms. The normalized spacial score (nSPS) is 18.6. The van der Waals surface area contributed by atoms with Gasteiger partial charge in [0.2, 0.25) is 12.3 Å². The number of hydrogen-bond donors (Lipinski definition) is 4. The molecule has 136 valence electrons. The van der Waals surface area contributed by atoms with Crippen molar-refractivity contribution in [3.63, 3.8) is 0 Å². The van der Waals surface area contributed by atoms with Crippen LogP contribution in [0.4, 0.5) is 0 Å². The first-order chi connectivity index (χ1) is 11.2. The van der Waals surface area contributed by atoms with E-state index in [4.69, 9.17) is 4.79 Å². The topological polar surface area (TPSA) is 88.7 Å². The van der Waals surface area contributed by atoms with Gasteiger partial charge in [-0.05, 0) is 6.54 Å². The van der Waals surface area contributed by atoms with E-state index in [-0.39, 0.29) is 5.91 Å². The van der Waals surface area contributed by atoms with Crippen LogP contribution in [0.3, 0.4) is 0 Å². The summed E-state index contributed by atoms with van der Waals surface area (Å²) >= 11 is 0. The third-order valence-electron chi connectivity index (χ3n) is 3.63. The largest absolute Gasteiger partial charge is 0.362 e. The lowest BCUT2D eigenvalue weighted by Gasteiger charge is -2.25. The number of nitrogens with one attached hydrogen (secondary N) is 4. The summed E-state index contributed by atoms with van der Waals surface area (Å²) in [7, 11) is 3.25. The van der Waals surface area contributed by atoms with Gasteiger partial charge in [-0.25, -0.2) is 0 Å². The molecule has 0 saturated carbocycles. The molecule has 0 atom stereocenters. The van der Waals surface area contributed by atoms with Gasteiger partial charge in [-0.1, -0.05) is 6.92 Å². The summed E-state index contributed by atoms with van der Waals surface area (Å²) in [5.74, 6) is 0.0873. The molecule has 1 saturated heterocycles. The molecule has 0 unspecified atom stereocenters. The van der Waals surface area contributed by atoms with Crippen LogP contribution in [0.15, 0.2) is 0 Å². The minimum Gasteiger partial charge on any atom is -0.362 e. The molecule has 0 radical (unpaired) electrons. The second-order valence-electron chi connectivity index (χ2n) is 5.29. The average molecular weight is 330 g/mol. The van der Waals surface area contributed by atoms with Crippen LogP contribution in [0, 0.1) is 0 Å². The Hall–Kier alpha value is -1.22. The predicted molar refractivity (Wildman–Crippen MR) is 93.5 cm³/mol. The van der Waals surface area contributed by atoms with E-state index in [2.05, 4.69) is 38.0 Å². The Bertz CT molecular complexity index is 290. The zero-order valence-electron chi connectivity index (χ0n) is 14.9. The average Bonchev–Trinajstić information content (AvgIpc) is 2.57. The predicted octanol–water partition coefficient (Wildman–Crippen LogP) is -2.09. The summed E-state index contributed by atoms with van der Waals surface area (Å²) < 4.78 is 0. The van der Waals surface area contributed by atoms with Gasteiger partial charge in [0.15, 0.2) is 0 Å². The van der Waals surface area contributed by atoms with E-state index in [1.165, 1.54) is 0 Å². The molecule has 1 aliphatic rings. The van der Waals surface area contributed by atoms with Crippen molar-refractivity contribution in [3.05, 3.63) is 0 Å². The lowest BCUT2D eigenvalue weighted by atomic mass is 10.3. The van der Waals surface area contributed by atoms with E-state index in [0.29, 0.717) is 13.0 Å². The maximum atomic E-state index is 11.4. The third kappa shape index (κ3) is 13.0. The molecule has 0 aliphatic carbocycles. The number of likely N-dealkylation sites (N-methyl/N-ethyl adjacent to an activating group) is 2. The summed E-state index contributed by atoms with van der Waals surface area (Å²) in [6.45, 7) is 11.7. The molecule has 2 amide bonds. The Kier molecular flexibility index (Phi) is 14.8. The molecule has 8 nitrogen and oxygen atoms in total. The Labute approximate surface area is 140 Å². The second kappa shape index (κ2) is 15.7. The first-order valence-corrected chi connectivity index (χ1v) is 8.35. The second-order valence-corrected chi connectivity index (χ2v) is 5.29. The van der Waals surface area contributed by atoms with Crippen LogP contribution < -0.4 is 21.3 Å². The number of carbonyl (C=O) groups is 2. The monoisotopic (exact) mass is 330 g/mol. The zero-order valence-corrected chi connectivity index (χ0v) is 14.9. The molecule has 1 rings (SSSR count). The molecule has 8 heteroatoms. The zero-order chi connectivity index (χ0) is 17.3. The summed E-state index contributed by atoms with van der Waals surface area (Å²) in [4.78, 5) is 25.1. The van der Waals surface area contributed by atoms with E-state index in [1.807, 2.05) is 0 Å². The van der Waals surface area contributed by atoms with E-state index in [9.17, 15) is 4.79 Å². The van der Waals surface area contributed by atoms with Crippen molar-refractivity contribution in [2.24, 2.45) is 0 Å². The minimum absolute atomic E-state index is 0.0873. The molecular weight excluding hydrogens is 296 g/mol. The smallest absolute Gasteiger partial charge is 0.233 e. The highest BCUT2D eigenvalue weighted by Crippen LogP contribution is 1.90. The molecule has 0 aromatic carbocycles. The van der Waals surface area contributed by atoms with Crippen molar-refractivity contribution in [2.45, 2.75) is 6.92 Å². The van der Waals surface area contributed by atoms with Crippen LogP contribution in [-0.4, -0.2) is 102 Å². The van der Waals surface area contributed by atoms with Crippen molar-refractivity contribution >= 4 is 12.3 Å². The highest BCUT2D eigenvalue weighted by Gasteiger charge is 2.10. The highest BCUT2D eigenvalue weighted by molar-refractivity contribution is 5.77. The van der Waals surface area contributed by atoms with Crippen molar-refractivity contribution < 1.29 is 9.59 Å². The van der Waals surface area contributed by atoms with Crippen LogP contribution in [0.1, 0.15) is 6.92 Å². The summed E-state index contributed by atoms with van der Waals surface area (Å²) in [5.41, 5.74) is 0. The molecule has 1 fully saturated rings. The summed E-state index contributed by atoms with van der Waals surface area (Å²) in [5, 5.41) is 11.8. The van der Waals surface area contributed by atoms with Gasteiger partial charge in [0.05, 0.1) is 6.54 Å². The van der Waals surface area contributed by atoms with Gasteiger partial charge >= 0.3 is 0 Å². The summed E-state index contributed by atoms with van der Waals surface area (Å²) in [6, 6.07) is 0. The van der Waals surface area contributed by atoms with Gasteiger partial charge in [-0.3, -0.25) is 14.5 Å². The Morgan fingerprint density at radius 2 is 1.43 bits per heavy atom. The van der Waals surface area contributed by atoms with Crippen LogP contribution in [0.5, 0.6) is 0 Å². The minimum atomic E-state index is 0.0873. The molecule has 0 spiro atoms. The first-order valence-electron chi connectivity index (χ1n) is 8.35. The van der Waals surface area contributed by atoms with Gasteiger partial charge in [-0.2, -0.15) is 0 Å². The van der Waals surface area contributed by atoms with Crippen molar-refractivity contribution in [1.29, 1.82) is 0 Å². The number of nitrogens with zero attached hydrogens (tertiary/aromatic N) is 2. The van der Waals surface area contributed by atoms with E-state index in [0.717, 1.165) is 58.9 Å². The SMILES string of the molecule is CCN1CCNCCN(CC(=O)NC)CCNCC1.CNC=O. The fourth-order valence-electron chi connectivity index (χ4n) is 2.18. The fraction of sp³-hybridized carbons (Fsp3) is 0.867. The van der Waals surface area contributed by atoms with Gasteiger partial charge < -0.3 is 26.2 Å². The van der Waals surface area contributed by atoms with Crippen LogP contribution in [-0.2, 0) is 9.59 Å². The Balaban J connectivity index is 0.00000108. The molecule has 0 aromatic rings. The third-order valence-corrected chi connectivity index (χ3v) is 3.63. The quantitative estimate of drug-likeness (QED) is 0.442. The van der Waals surface area contributed by atoms with Gasteiger partial charge in [0.25, 0.3) is 0 Å². The van der Waals surface area contributed by atoms with Crippen LogP contribution in [0.25, 0.3) is 0 Å². The molecule has 1 aliphatic heterocycles. The fourth-order valence-corrected chi connectivity index (χ4v) is 2.18. The maximum absolute atomic E-state index is 11.4. The van der Waals surface area contributed by atoms with E-state index >= 15 is 0 Å². The maximum Gasteiger partial charge on any atom is 0.233 e. The van der Waals surface area contributed by atoms with Gasteiger partial charge in [0.1, 0.15) is 0 Å². The van der Waals surface area contributed by atoms with Gasteiger partial charge in [0, 0.05) is 66.5 Å². The van der Waals surface area contributed by atoms with Gasteiger partial charge in [-0.15, -0.1) is 0 Å². The number of rotatable bonds is 4. The molecule has 0 aromatic heterocycles. The van der Waals surface area contributed by atoms with Crippen molar-refractivity contribution in [2.75, 3.05) is 79.5 Å². The molecule has 23 heavy (non-hydrogen) atoms.